The molecule has 0 spiro atoms. The molecule has 1 N–H and O–H groups in total. The molecule has 120 valence electrons. The second-order valence-electron chi connectivity index (χ2n) is 6.21. The third-order valence-corrected chi connectivity index (χ3v) is 5.40. The number of hydrogen-bond donors (Lipinski definition) is 1. The van der Waals surface area contributed by atoms with E-state index < -0.39 is 0 Å². The molecule has 0 saturated carbocycles. The van der Waals surface area contributed by atoms with Crippen LogP contribution in [0.25, 0.3) is 21.7 Å². The smallest absolute Gasteiger partial charge is 0.164 e. The molecule has 1 unspecified atom stereocenters. The van der Waals surface area contributed by atoms with Gasteiger partial charge in [-0.1, -0.05) is 18.2 Å². The summed E-state index contributed by atoms with van der Waals surface area (Å²) in [7, 11) is 2.19. The minimum absolute atomic E-state index is 0.611. The summed E-state index contributed by atoms with van der Waals surface area (Å²) in [5.74, 6) is 0.865. The molecule has 4 nitrogen and oxygen atoms in total. The fraction of sp³-hybridized carbons (Fsp3) is 0.389. The number of furan rings is 1. The normalized spacial score (nSPS) is 18.8. The fourth-order valence-electron chi connectivity index (χ4n) is 3.17. The maximum Gasteiger partial charge on any atom is 0.164 e. The zero-order valence-corrected chi connectivity index (χ0v) is 14.1. The average molecular weight is 327 g/mol. The molecule has 3 aromatic rings. The molecule has 3 heterocycles. The molecule has 1 fully saturated rings. The van der Waals surface area contributed by atoms with E-state index in [9.17, 15) is 0 Å². The van der Waals surface area contributed by atoms with Crippen LogP contribution in [0, 0.1) is 0 Å². The van der Waals surface area contributed by atoms with Crippen molar-refractivity contribution in [1.29, 1.82) is 0 Å². The number of hydrogen-bond acceptors (Lipinski definition) is 5. The maximum absolute atomic E-state index is 5.91. The van der Waals surface area contributed by atoms with Crippen molar-refractivity contribution < 1.29 is 4.42 Å². The van der Waals surface area contributed by atoms with Crippen molar-refractivity contribution in [2.75, 3.05) is 20.1 Å². The minimum Gasteiger partial charge on any atom is -0.454 e. The SMILES string of the molecule is CN(Cc1csc(-c2cc3ccccc3o2)n1)C1CCCNC1. The molecule has 0 bridgehead atoms. The number of para-hydroxylation sites is 1. The Labute approximate surface area is 140 Å². The molecular weight excluding hydrogens is 306 g/mol. The quantitative estimate of drug-likeness (QED) is 0.792. The lowest BCUT2D eigenvalue weighted by Gasteiger charge is -2.31. The predicted molar refractivity (Wildman–Crippen MR) is 94.7 cm³/mol. The van der Waals surface area contributed by atoms with E-state index >= 15 is 0 Å². The van der Waals surface area contributed by atoms with Gasteiger partial charge in [0.1, 0.15) is 5.58 Å². The first-order valence-corrected chi connectivity index (χ1v) is 9.02. The third-order valence-electron chi connectivity index (χ3n) is 4.49. The van der Waals surface area contributed by atoms with Gasteiger partial charge in [0.25, 0.3) is 0 Å². The minimum atomic E-state index is 0.611. The van der Waals surface area contributed by atoms with Crippen LogP contribution in [0.15, 0.2) is 40.1 Å². The Morgan fingerprint density at radius 1 is 1.39 bits per heavy atom. The van der Waals surface area contributed by atoms with Crippen LogP contribution >= 0.6 is 11.3 Å². The summed E-state index contributed by atoms with van der Waals surface area (Å²) in [6, 6.07) is 10.8. The van der Waals surface area contributed by atoms with Gasteiger partial charge in [-0.2, -0.15) is 0 Å². The van der Waals surface area contributed by atoms with Crippen molar-refractivity contribution in [3.05, 3.63) is 41.4 Å². The Balaban J connectivity index is 1.49. The van der Waals surface area contributed by atoms with Gasteiger partial charge in [-0.3, -0.25) is 4.90 Å². The van der Waals surface area contributed by atoms with Crippen molar-refractivity contribution >= 4 is 22.3 Å². The van der Waals surface area contributed by atoms with Crippen LogP contribution in [-0.4, -0.2) is 36.1 Å². The van der Waals surface area contributed by atoms with Crippen LogP contribution in [0.1, 0.15) is 18.5 Å². The molecule has 1 aliphatic rings. The van der Waals surface area contributed by atoms with Gasteiger partial charge in [-0.05, 0) is 38.6 Å². The lowest BCUT2D eigenvalue weighted by Crippen LogP contribution is -2.43. The van der Waals surface area contributed by atoms with Crippen LogP contribution < -0.4 is 5.32 Å². The summed E-state index contributed by atoms with van der Waals surface area (Å²) >= 11 is 1.66. The lowest BCUT2D eigenvalue weighted by atomic mass is 10.1. The Hall–Kier alpha value is -1.69. The largest absolute Gasteiger partial charge is 0.454 e. The molecule has 1 aliphatic heterocycles. The van der Waals surface area contributed by atoms with Gasteiger partial charge in [0.05, 0.1) is 5.69 Å². The van der Waals surface area contributed by atoms with Crippen molar-refractivity contribution in [3.8, 4) is 10.8 Å². The van der Waals surface area contributed by atoms with E-state index in [0.29, 0.717) is 6.04 Å². The Kier molecular flexibility index (Phi) is 4.16. The summed E-state index contributed by atoms with van der Waals surface area (Å²) in [4.78, 5) is 7.18. The number of aromatic nitrogens is 1. The van der Waals surface area contributed by atoms with E-state index in [1.165, 1.54) is 12.8 Å². The maximum atomic E-state index is 5.91. The molecule has 1 aromatic carbocycles. The van der Waals surface area contributed by atoms with Crippen molar-refractivity contribution in [2.24, 2.45) is 0 Å². The topological polar surface area (TPSA) is 41.3 Å². The number of nitrogens with one attached hydrogen (secondary N) is 1. The second kappa shape index (κ2) is 6.43. The summed E-state index contributed by atoms with van der Waals surface area (Å²) in [5.41, 5.74) is 2.04. The van der Waals surface area contributed by atoms with Gasteiger partial charge in [-0.15, -0.1) is 11.3 Å². The molecular formula is C18H21N3OS. The zero-order valence-electron chi connectivity index (χ0n) is 13.3. The van der Waals surface area contributed by atoms with E-state index in [4.69, 9.17) is 9.40 Å². The molecule has 4 rings (SSSR count). The van der Waals surface area contributed by atoms with Crippen LogP contribution in [0.3, 0.4) is 0 Å². The van der Waals surface area contributed by atoms with Gasteiger partial charge < -0.3 is 9.73 Å². The highest BCUT2D eigenvalue weighted by Gasteiger charge is 2.19. The van der Waals surface area contributed by atoms with Gasteiger partial charge >= 0.3 is 0 Å². The highest BCUT2D eigenvalue weighted by Crippen LogP contribution is 2.30. The highest BCUT2D eigenvalue weighted by atomic mass is 32.1. The number of thiazole rings is 1. The Morgan fingerprint density at radius 3 is 3.13 bits per heavy atom. The molecule has 0 aliphatic carbocycles. The summed E-state index contributed by atoms with van der Waals surface area (Å²) in [6.45, 7) is 3.12. The molecule has 5 heteroatoms. The van der Waals surface area contributed by atoms with Crippen LogP contribution in [0.2, 0.25) is 0 Å². The van der Waals surface area contributed by atoms with Crippen LogP contribution in [0.5, 0.6) is 0 Å². The van der Waals surface area contributed by atoms with Crippen molar-refractivity contribution in [3.63, 3.8) is 0 Å². The first-order chi connectivity index (χ1) is 11.3. The number of rotatable bonds is 4. The van der Waals surface area contributed by atoms with E-state index in [-0.39, 0.29) is 0 Å². The molecule has 1 saturated heterocycles. The molecule has 0 amide bonds. The molecule has 2 aromatic heterocycles. The number of likely N-dealkylation sites (N-methyl/N-ethyl adjacent to an activating group) is 1. The number of fused-ring (bicyclic) bond motifs is 1. The summed E-state index contributed by atoms with van der Waals surface area (Å²) < 4.78 is 5.91. The summed E-state index contributed by atoms with van der Waals surface area (Å²) in [5, 5.41) is 7.71. The summed E-state index contributed by atoms with van der Waals surface area (Å²) in [6.07, 6.45) is 2.53. The molecule has 1 atom stereocenters. The van der Waals surface area contributed by atoms with Crippen LogP contribution in [-0.2, 0) is 6.54 Å². The molecule has 0 radical (unpaired) electrons. The molecule has 23 heavy (non-hydrogen) atoms. The Morgan fingerprint density at radius 2 is 2.30 bits per heavy atom. The number of benzene rings is 1. The van der Waals surface area contributed by atoms with E-state index in [2.05, 4.69) is 34.8 Å². The highest BCUT2D eigenvalue weighted by molar-refractivity contribution is 7.13. The Bertz CT molecular complexity index is 755. The van der Waals surface area contributed by atoms with Crippen molar-refractivity contribution in [2.45, 2.75) is 25.4 Å². The van der Waals surface area contributed by atoms with E-state index in [1.54, 1.807) is 11.3 Å². The van der Waals surface area contributed by atoms with Gasteiger partial charge in [0.15, 0.2) is 10.8 Å². The first-order valence-electron chi connectivity index (χ1n) is 8.14. The van der Waals surface area contributed by atoms with Crippen LogP contribution in [0.4, 0.5) is 0 Å². The van der Waals surface area contributed by atoms with E-state index in [0.717, 1.165) is 47.1 Å². The monoisotopic (exact) mass is 327 g/mol. The zero-order chi connectivity index (χ0) is 15.6. The number of nitrogens with zero attached hydrogens (tertiary/aromatic N) is 2. The van der Waals surface area contributed by atoms with E-state index in [1.807, 2.05) is 18.2 Å². The lowest BCUT2D eigenvalue weighted by molar-refractivity contribution is 0.194. The first kappa shape index (κ1) is 14.9. The van der Waals surface area contributed by atoms with Gasteiger partial charge in [0.2, 0.25) is 0 Å². The third kappa shape index (κ3) is 3.17. The number of piperidine rings is 1. The van der Waals surface area contributed by atoms with Gasteiger partial charge in [-0.25, -0.2) is 4.98 Å². The predicted octanol–water partition coefficient (Wildman–Crippen LogP) is 3.74. The van der Waals surface area contributed by atoms with Gasteiger partial charge in [0, 0.05) is 29.9 Å². The second-order valence-corrected chi connectivity index (χ2v) is 7.07. The fourth-order valence-corrected chi connectivity index (χ4v) is 3.94. The average Bonchev–Trinajstić information content (AvgIpc) is 3.21. The standard InChI is InChI=1S/C18H21N3OS/c1-21(15-6-4-8-19-10-15)11-14-12-23-18(20-14)17-9-13-5-2-3-7-16(13)22-17/h2-3,5,7,9,12,15,19H,4,6,8,10-11H2,1H3. The van der Waals surface area contributed by atoms with Crippen molar-refractivity contribution in [1.82, 2.24) is 15.2 Å².